The van der Waals surface area contributed by atoms with Gasteiger partial charge in [0, 0.05) is 20.8 Å². The number of anilines is 1. The Morgan fingerprint density at radius 1 is 0.974 bits per heavy atom. The third-order valence-electron chi connectivity index (χ3n) is 6.98. The van der Waals surface area contributed by atoms with E-state index in [1.54, 1.807) is 31.4 Å². The van der Waals surface area contributed by atoms with Gasteiger partial charge in [-0.15, -0.1) is 0 Å². The molecule has 3 atom stereocenters. The molecule has 0 saturated carbocycles. The van der Waals surface area contributed by atoms with Crippen LogP contribution in [-0.4, -0.2) is 29.2 Å². The number of thiazole rings is 1. The predicted octanol–water partition coefficient (Wildman–Crippen LogP) is 5.89. The molecule has 6 rings (SSSR count). The number of carbonyl (C=O) groups excluding carboxylic acids is 2. The second-order valence-electron chi connectivity index (χ2n) is 9.42. The summed E-state index contributed by atoms with van der Waals surface area (Å²) in [6.07, 6.45) is 0. The molecule has 4 aromatic rings. The Labute approximate surface area is 241 Å². The standard InChI is InChI=1S/C29H23BrN2O5S2/c1-15-3-5-16(6-4-15)14-37-21-12-7-17(30)13-20(21)22-23-25(38-26-24(22)39-29(35)31-26)28(34)32(27(23)33)18-8-10-19(36-2)11-9-18/h3-13,22-23,25H,14H2,1-2H3,(H,31,35). The quantitative estimate of drug-likeness (QED) is 0.270. The molecule has 2 aliphatic heterocycles. The highest BCUT2D eigenvalue weighted by atomic mass is 79.9. The fourth-order valence-corrected chi connectivity index (χ4v) is 7.96. The second-order valence-corrected chi connectivity index (χ2v) is 12.5. The van der Waals surface area contributed by atoms with Crippen LogP contribution in [0.2, 0.25) is 0 Å². The largest absolute Gasteiger partial charge is 0.497 e. The van der Waals surface area contributed by atoms with E-state index in [0.29, 0.717) is 28.8 Å². The van der Waals surface area contributed by atoms with Crippen molar-refractivity contribution >= 4 is 56.5 Å². The molecule has 1 saturated heterocycles. The fraction of sp³-hybridized carbons (Fsp3) is 0.207. The third-order valence-corrected chi connectivity index (χ3v) is 9.87. The van der Waals surface area contributed by atoms with E-state index in [0.717, 1.165) is 37.4 Å². The van der Waals surface area contributed by atoms with Crippen LogP contribution in [0.5, 0.6) is 11.5 Å². The van der Waals surface area contributed by atoms with Crippen LogP contribution in [0.25, 0.3) is 0 Å². The van der Waals surface area contributed by atoms with Crippen molar-refractivity contribution in [3.8, 4) is 11.5 Å². The molecule has 0 bridgehead atoms. The number of methoxy groups -OCH3 is 1. The summed E-state index contributed by atoms with van der Waals surface area (Å²) in [4.78, 5) is 44.9. The summed E-state index contributed by atoms with van der Waals surface area (Å²) in [7, 11) is 1.56. The zero-order valence-corrected chi connectivity index (χ0v) is 24.2. The lowest BCUT2D eigenvalue weighted by Gasteiger charge is -2.31. The van der Waals surface area contributed by atoms with Crippen LogP contribution in [0, 0.1) is 12.8 Å². The van der Waals surface area contributed by atoms with Crippen molar-refractivity contribution in [1.29, 1.82) is 0 Å². The van der Waals surface area contributed by atoms with Gasteiger partial charge in [0.2, 0.25) is 11.8 Å². The Morgan fingerprint density at radius 2 is 1.72 bits per heavy atom. The van der Waals surface area contributed by atoms with E-state index in [2.05, 4.69) is 20.9 Å². The van der Waals surface area contributed by atoms with Crippen molar-refractivity contribution in [3.05, 3.63) is 102 Å². The minimum Gasteiger partial charge on any atom is -0.497 e. The number of thioether (sulfide) groups is 1. The first-order valence-electron chi connectivity index (χ1n) is 12.2. The molecule has 0 radical (unpaired) electrons. The number of rotatable bonds is 6. The van der Waals surface area contributed by atoms with Crippen LogP contribution in [-0.2, 0) is 16.2 Å². The van der Waals surface area contributed by atoms with Crippen molar-refractivity contribution in [1.82, 2.24) is 4.98 Å². The predicted molar refractivity (Wildman–Crippen MR) is 155 cm³/mol. The number of halogens is 1. The summed E-state index contributed by atoms with van der Waals surface area (Å²) in [5.74, 6) is -0.625. The highest BCUT2D eigenvalue weighted by molar-refractivity contribution is 9.10. The fourth-order valence-electron chi connectivity index (χ4n) is 5.08. The van der Waals surface area contributed by atoms with Gasteiger partial charge in [-0.1, -0.05) is 68.9 Å². The van der Waals surface area contributed by atoms with E-state index in [1.165, 1.54) is 16.7 Å². The summed E-state index contributed by atoms with van der Waals surface area (Å²) >= 11 is 5.90. The number of amides is 2. The highest BCUT2D eigenvalue weighted by Gasteiger charge is 2.56. The second kappa shape index (κ2) is 10.3. The number of nitrogens with zero attached hydrogens (tertiary/aromatic N) is 1. The van der Waals surface area contributed by atoms with Crippen LogP contribution in [0.15, 0.2) is 81.0 Å². The molecule has 0 spiro atoms. The lowest BCUT2D eigenvalue weighted by atomic mass is 9.82. The average Bonchev–Trinajstić information content (AvgIpc) is 3.43. The van der Waals surface area contributed by atoms with Gasteiger partial charge in [-0.05, 0) is 55.0 Å². The topological polar surface area (TPSA) is 88.7 Å². The number of nitrogens with one attached hydrogen (secondary N) is 1. The van der Waals surface area contributed by atoms with Crippen molar-refractivity contribution in [2.75, 3.05) is 12.0 Å². The van der Waals surface area contributed by atoms with Gasteiger partial charge in [-0.2, -0.15) is 0 Å². The molecule has 1 N–H and O–H groups in total. The smallest absolute Gasteiger partial charge is 0.305 e. The summed E-state index contributed by atoms with van der Waals surface area (Å²) in [5, 5.41) is -0.0651. The van der Waals surface area contributed by atoms with E-state index < -0.39 is 17.1 Å². The van der Waals surface area contributed by atoms with Crippen LogP contribution in [0.3, 0.4) is 0 Å². The summed E-state index contributed by atoms with van der Waals surface area (Å²) in [6.45, 7) is 2.37. The maximum absolute atomic E-state index is 14.0. The maximum Gasteiger partial charge on any atom is 0.305 e. The number of ether oxygens (including phenoxy) is 2. The molecule has 1 fully saturated rings. The number of fused-ring (bicyclic) bond motifs is 2. The van der Waals surface area contributed by atoms with Gasteiger partial charge in [0.05, 0.1) is 23.7 Å². The first-order chi connectivity index (χ1) is 18.8. The van der Waals surface area contributed by atoms with Gasteiger partial charge in [0.25, 0.3) is 0 Å². The Morgan fingerprint density at radius 3 is 2.44 bits per heavy atom. The van der Waals surface area contributed by atoms with Crippen LogP contribution >= 0.6 is 39.0 Å². The number of aromatic amines is 1. The van der Waals surface area contributed by atoms with Gasteiger partial charge in [-0.25, -0.2) is 4.90 Å². The molecule has 3 unspecified atom stereocenters. The molecule has 1 aromatic heterocycles. The van der Waals surface area contributed by atoms with Crippen molar-refractivity contribution < 1.29 is 19.1 Å². The monoisotopic (exact) mass is 622 g/mol. The van der Waals surface area contributed by atoms with E-state index in [-0.39, 0.29) is 16.7 Å². The molecule has 7 nitrogen and oxygen atoms in total. The van der Waals surface area contributed by atoms with E-state index >= 15 is 0 Å². The Hall–Kier alpha value is -3.34. The molecule has 3 heterocycles. The van der Waals surface area contributed by atoms with E-state index in [4.69, 9.17) is 9.47 Å². The number of H-pyrrole nitrogens is 1. The molecule has 2 amide bonds. The van der Waals surface area contributed by atoms with E-state index in [9.17, 15) is 14.4 Å². The first kappa shape index (κ1) is 25.9. The number of aryl methyl sites for hydroxylation is 1. The summed E-state index contributed by atoms with van der Waals surface area (Å²) in [6, 6.07) is 20.6. The molecule has 39 heavy (non-hydrogen) atoms. The minimum atomic E-state index is -0.709. The normalized spacial score (nSPS) is 20.1. The molecule has 2 aliphatic rings. The van der Waals surface area contributed by atoms with Gasteiger partial charge in [-0.3, -0.25) is 14.4 Å². The van der Waals surface area contributed by atoms with Gasteiger partial charge in [0.1, 0.15) is 23.4 Å². The zero-order chi connectivity index (χ0) is 27.3. The number of aromatic nitrogens is 1. The van der Waals surface area contributed by atoms with Crippen LogP contribution in [0.1, 0.15) is 27.5 Å². The van der Waals surface area contributed by atoms with Crippen LogP contribution < -0.4 is 19.2 Å². The molecule has 198 valence electrons. The molecule has 3 aromatic carbocycles. The molecule has 10 heteroatoms. The van der Waals surface area contributed by atoms with Crippen molar-refractivity contribution in [2.24, 2.45) is 5.92 Å². The molecular formula is C29H23BrN2O5S2. The maximum atomic E-state index is 14.0. The molecular weight excluding hydrogens is 600 g/mol. The zero-order valence-electron chi connectivity index (χ0n) is 21.0. The van der Waals surface area contributed by atoms with Crippen molar-refractivity contribution in [3.63, 3.8) is 0 Å². The SMILES string of the molecule is COc1ccc(N2C(=O)C3Sc4[nH]c(=O)sc4C(c4cc(Br)ccc4OCc4ccc(C)cc4)C3C2=O)cc1. The van der Waals surface area contributed by atoms with Crippen LogP contribution in [0.4, 0.5) is 5.69 Å². The summed E-state index contributed by atoms with van der Waals surface area (Å²) < 4.78 is 12.4. The lowest BCUT2D eigenvalue weighted by Crippen LogP contribution is -2.32. The van der Waals surface area contributed by atoms with Gasteiger partial charge >= 0.3 is 4.87 Å². The summed E-state index contributed by atoms with van der Waals surface area (Å²) in [5.41, 5.74) is 3.41. The third kappa shape index (κ3) is 4.70. The minimum absolute atomic E-state index is 0.221. The molecule has 0 aliphatic carbocycles. The first-order valence-corrected chi connectivity index (χ1v) is 14.7. The number of imide groups is 1. The van der Waals surface area contributed by atoms with Crippen molar-refractivity contribution in [2.45, 2.75) is 29.7 Å². The Kier molecular flexibility index (Phi) is 6.86. The van der Waals surface area contributed by atoms with Gasteiger partial charge in [0.15, 0.2) is 0 Å². The average molecular weight is 624 g/mol. The highest BCUT2D eigenvalue weighted by Crippen LogP contribution is 2.54. The number of benzene rings is 3. The van der Waals surface area contributed by atoms with E-state index in [1.807, 2.05) is 49.4 Å². The Bertz CT molecular complexity index is 1630. The number of carbonyl (C=O) groups is 2. The number of hydrogen-bond acceptors (Lipinski definition) is 7. The van der Waals surface area contributed by atoms with Gasteiger partial charge < -0.3 is 14.5 Å². The number of hydrogen-bond donors (Lipinski definition) is 1. The lowest BCUT2D eigenvalue weighted by molar-refractivity contribution is -0.122. The Balaban J connectivity index is 1.43.